The third-order valence-electron chi connectivity index (χ3n) is 2.65. The highest BCUT2D eigenvalue weighted by molar-refractivity contribution is 7.90. The minimum absolute atomic E-state index is 0.0352. The summed E-state index contributed by atoms with van der Waals surface area (Å²) in [6.45, 7) is 0. The lowest BCUT2D eigenvalue weighted by Gasteiger charge is -2.08. The lowest BCUT2D eigenvalue weighted by Crippen LogP contribution is -2.06. The Morgan fingerprint density at radius 1 is 1.10 bits per heavy atom. The van der Waals surface area contributed by atoms with Crippen LogP contribution in [0.3, 0.4) is 0 Å². The Labute approximate surface area is 126 Å². The number of rotatable bonds is 3. The largest absolute Gasteiger partial charge is 0.396 e. The van der Waals surface area contributed by atoms with Crippen LogP contribution in [0, 0.1) is 5.82 Å². The van der Waals surface area contributed by atoms with Gasteiger partial charge in [0.05, 0.1) is 21.4 Å². The van der Waals surface area contributed by atoms with Gasteiger partial charge in [-0.3, -0.25) is 0 Å². The molecule has 106 valence electrons. The average molecular weight is 334 g/mol. The van der Waals surface area contributed by atoms with Gasteiger partial charge in [-0.2, -0.15) is 0 Å². The number of sulfone groups is 1. The molecule has 0 heterocycles. The summed E-state index contributed by atoms with van der Waals surface area (Å²) < 4.78 is 37.9. The third-order valence-corrected chi connectivity index (χ3v) is 5.05. The number of nitrogens with two attached hydrogens (primary N) is 1. The highest BCUT2D eigenvalue weighted by Crippen LogP contribution is 2.28. The molecule has 0 aliphatic rings. The molecular weight excluding hydrogens is 324 g/mol. The zero-order valence-electron chi connectivity index (χ0n) is 10.1. The van der Waals surface area contributed by atoms with Crippen LogP contribution in [-0.4, -0.2) is 8.42 Å². The highest BCUT2D eigenvalue weighted by Gasteiger charge is 2.19. The van der Waals surface area contributed by atoms with Gasteiger partial charge in [0, 0.05) is 5.02 Å². The predicted octanol–water partition coefficient (Wildman–Crippen LogP) is 3.69. The third kappa shape index (κ3) is 3.23. The van der Waals surface area contributed by atoms with Crippen LogP contribution in [-0.2, 0) is 15.6 Å². The van der Waals surface area contributed by atoms with Gasteiger partial charge >= 0.3 is 0 Å². The SMILES string of the molecule is Nc1ccc(CS(=O)(=O)c2cc(Cl)ccc2Cl)cc1F. The fraction of sp³-hybridized carbons (Fsp3) is 0.0769. The lowest BCUT2D eigenvalue weighted by atomic mass is 10.2. The predicted molar refractivity (Wildman–Crippen MR) is 78.2 cm³/mol. The van der Waals surface area contributed by atoms with Gasteiger partial charge in [0.15, 0.2) is 9.84 Å². The number of halogens is 3. The Morgan fingerprint density at radius 2 is 1.80 bits per heavy atom. The fourth-order valence-electron chi connectivity index (χ4n) is 1.67. The molecular formula is C13H10Cl2FNO2S. The van der Waals surface area contributed by atoms with E-state index in [0.29, 0.717) is 0 Å². The van der Waals surface area contributed by atoms with E-state index >= 15 is 0 Å². The molecule has 7 heteroatoms. The molecule has 2 rings (SSSR count). The molecule has 2 aromatic rings. The van der Waals surface area contributed by atoms with Crippen LogP contribution >= 0.6 is 23.2 Å². The van der Waals surface area contributed by atoms with Gasteiger partial charge in [-0.1, -0.05) is 29.3 Å². The lowest BCUT2D eigenvalue weighted by molar-refractivity contribution is 0.595. The summed E-state index contributed by atoms with van der Waals surface area (Å²) in [5, 5.41) is 0.335. The molecule has 0 aromatic heterocycles. The van der Waals surface area contributed by atoms with Crippen molar-refractivity contribution < 1.29 is 12.8 Å². The number of hydrogen-bond acceptors (Lipinski definition) is 3. The van der Waals surface area contributed by atoms with E-state index in [-0.39, 0.29) is 31.9 Å². The van der Waals surface area contributed by atoms with Crippen molar-refractivity contribution in [1.82, 2.24) is 0 Å². The molecule has 0 saturated carbocycles. The molecule has 0 unspecified atom stereocenters. The van der Waals surface area contributed by atoms with Gasteiger partial charge in [-0.05, 0) is 35.9 Å². The van der Waals surface area contributed by atoms with Crippen LogP contribution in [0.15, 0.2) is 41.3 Å². The van der Waals surface area contributed by atoms with Gasteiger partial charge in [0.2, 0.25) is 0 Å². The first-order chi connectivity index (χ1) is 9.29. The molecule has 0 radical (unpaired) electrons. The van der Waals surface area contributed by atoms with E-state index < -0.39 is 15.7 Å². The van der Waals surface area contributed by atoms with Crippen molar-refractivity contribution in [3.05, 3.63) is 57.8 Å². The highest BCUT2D eigenvalue weighted by atomic mass is 35.5. The number of benzene rings is 2. The van der Waals surface area contributed by atoms with Crippen molar-refractivity contribution in [2.45, 2.75) is 10.6 Å². The molecule has 0 bridgehead atoms. The molecule has 0 aliphatic heterocycles. The van der Waals surface area contributed by atoms with E-state index in [1.54, 1.807) is 0 Å². The first kappa shape index (κ1) is 15.1. The van der Waals surface area contributed by atoms with Crippen LogP contribution < -0.4 is 5.73 Å². The molecule has 0 spiro atoms. The standard InChI is InChI=1S/C13H10Cl2FNO2S/c14-9-2-3-10(15)13(6-9)20(18,19)7-8-1-4-12(17)11(16)5-8/h1-6H,7,17H2. The van der Waals surface area contributed by atoms with Gasteiger partial charge in [-0.15, -0.1) is 0 Å². The molecule has 2 N–H and O–H groups in total. The average Bonchev–Trinajstić information content (AvgIpc) is 2.36. The second-order valence-corrected chi connectivity index (χ2v) is 6.99. The van der Waals surface area contributed by atoms with E-state index in [4.69, 9.17) is 28.9 Å². The smallest absolute Gasteiger partial charge is 0.184 e. The van der Waals surface area contributed by atoms with Crippen molar-refractivity contribution in [3.8, 4) is 0 Å². The van der Waals surface area contributed by atoms with Crippen LogP contribution in [0.4, 0.5) is 10.1 Å². The summed E-state index contributed by atoms with van der Waals surface area (Å²) >= 11 is 11.6. The fourth-order valence-corrected chi connectivity index (χ4v) is 3.83. The minimum atomic E-state index is -3.72. The molecule has 0 amide bonds. The maximum atomic E-state index is 13.3. The van der Waals surface area contributed by atoms with Crippen LogP contribution in [0.1, 0.15) is 5.56 Å². The van der Waals surface area contributed by atoms with Gasteiger partial charge in [0.1, 0.15) is 5.82 Å². The van der Waals surface area contributed by atoms with E-state index in [1.807, 2.05) is 0 Å². The Morgan fingerprint density at radius 3 is 2.45 bits per heavy atom. The van der Waals surface area contributed by atoms with E-state index in [1.165, 1.54) is 30.3 Å². The Kier molecular flexibility index (Phi) is 4.22. The maximum Gasteiger partial charge on any atom is 0.184 e. The summed E-state index contributed by atoms with van der Waals surface area (Å²) in [7, 11) is -3.72. The van der Waals surface area contributed by atoms with Crippen LogP contribution in [0.25, 0.3) is 0 Å². The minimum Gasteiger partial charge on any atom is -0.396 e. The molecule has 0 saturated heterocycles. The van der Waals surface area contributed by atoms with Crippen LogP contribution in [0.2, 0.25) is 10.0 Å². The molecule has 0 fully saturated rings. The zero-order valence-corrected chi connectivity index (χ0v) is 12.4. The van der Waals surface area contributed by atoms with Gasteiger partial charge < -0.3 is 5.73 Å². The van der Waals surface area contributed by atoms with Crippen molar-refractivity contribution in [1.29, 1.82) is 0 Å². The summed E-state index contributed by atoms with van der Waals surface area (Å²) in [6, 6.07) is 8.03. The Bertz CT molecular complexity index is 763. The number of nitrogen functional groups attached to an aromatic ring is 1. The van der Waals surface area contributed by atoms with Crippen molar-refractivity contribution >= 4 is 38.7 Å². The van der Waals surface area contributed by atoms with Crippen molar-refractivity contribution in [2.24, 2.45) is 0 Å². The Hall–Kier alpha value is -1.30. The second-order valence-electron chi connectivity index (χ2n) is 4.19. The number of anilines is 1. The van der Waals surface area contributed by atoms with Gasteiger partial charge in [-0.25, -0.2) is 12.8 Å². The Balaban J connectivity index is 2.40. The topological polar surface area (TPSA) is 60.2 Å². The van der Waals surface area contributed by atoms with Crippen molar-refractivity contribution in [3.63, 3.8) is 0 Å². The van der Waals surface area contributed by atoms with Crippen molar-refractivity contribution in [2.75, 3.05) is 5.73 Å². The number of hydrogen-bond donors (Lipinski definition) is 1. The molecule has 2 aromatic carbocycles. The van der Waals surface area contributed by atoms with E-state index in [2.05, 4.69) is 0 Å². The monoisotopic (exact) mass is 333 g/mol. The summed E-state index contributed by atoms with van der Waals surface area (Å²) in [4.78, 5) is -0.0797. The molecule has 0 aliphatic carbocycles. The summed E-state index contributed by atoms with van der Waals surface area (Å²) in [6.07, 6.45) is 0. The molecule has 3 nitrogen and oxygen atoms in total. The summed E-state index contributed by atoms with van der Waals surface area (Å²) in [5.74, 6) is -1.04. The van der Waals surface area contributed by atoms with Crippen LogP contribution in [0.5, 0.6) is 0 Å². The quantitative estimate of drug-likeness (QED) is 0.871. The van der Waals surface area contributed by atoms with Gasteiger partial charge in [0.25, 0.3) is 0 Å². The molecule has 20 heavy (non-hydrogen) atoms. The van der Waals surface area contributed by atoms with E-state index in [0.717, 1.165) is 6.07 Å². The first-order valence-corrected chi connectivity index (χ1v) is 7.92. The van der Waals surface area contributed by atoms with E-state index in [9.17, 15) is 12.8 Å². The normalized spacial score (nSPS) is 11.6. The summed E-state index contributed by atoms with van der Waals surface area (Å²) in [5.41, 5.74) is 5.59. The maximum absolute atomic E-state index is 13.3. The molecule has 0 atom stereocenters. The first-order valence-electron chi connectivity index (χ1n) is 5.51. The second kappa shape index (κ2) is 5.60. The zero-order chi connectivity index (χ0) is 14.9.